The van der Waals surface area contributed by atoms with Crippen molar-refractivity contribution in [3.05, 3.63) is 51.7 Å². The summed E-state index contributed by atoms with van der Waals surface area (Å²) in [6, 6.07) is 7.22. The number of hydrogen-bond acceptors (Lipinski definition) is 4. The summed E-state index contributed by atoms with van der Waals surface area (Å²) in [5.41, 5.74) is 1.78. The minimum Gasteiger partial charge on any atom is -0.336 e. The van der Waals surface area contributed by atoms with E-state index in [9.17, 15) is 18.4 Å². The molecule has 0 unspecified atom stereocenters. The highest BCUT2D eigenvalue weighted by Crippen LogP contribution is 2.27. The lowest BCUT2D eigenvalue weighted by Gasteiger charge is -2.41. The molecule has 4 rings (SSSR count). The first kappa shape index (κ1) is 18.8. The Labute approximate surface area is 160 Å². The van der Waals surface area contributed by atoms with Crippen LogP contribution in [0.1, 0.15) is 35.8 Å². The standard InChI is InChI=1S/C19H22F2N4O3/c1-12-5-7-13(8-6-12)9-24-19(27)25-15(3-2-4-16(25)22-24)17(26)23-10-14(11-23)28-18(20)21/h5-8,14-15,18H,2-4,9-11H2,1H3/t15-/m1/s1. The minimum absolute atomic E-state index is 0.126. The van der Waals surface area contributed by atoms with Gasteiger partial charge in [-0.25, -0.2) is 9.48 Å². The maximum atomic E-state index is 12.9. The Morgan fingerprint density at radius 1 is 1.29 bits per heavy atom. The molecule has 3 heterocycles. The Hall–Kier alpha value is -2.55. The number of halogens is 2. The van der Waals surface area contributed by atoms with Crippen LogP contribution in [-0.2, 0) is 22.5 Å². The third kappa shape index (κ3) is 3.58. The molecule has 28 heavy (non-hydrogen) atoms. The SMILES string of the molecule is Cc1ccc(Cn2nc3n(c2=O)[C@@H](C(=O)N2CC(OC(F)F)C2)CCC3)cc1. The molecule has 1 atom stereocenters. The topological polar surface area (TPSA) is 69.4 Å². The third-order valence-electron chi connectivity index (χ3n) is 5.32. The second kappa shape index (κ2) is 7.46. The van der Waals surface area contributed by atoms with Crippen molar-refractivity contribution < 1.29 is 18.3 Å². The van der Waals surface area contributed by atoms with Crippen LogP contribution in [0.25, 0.3) is 0 Å². The summed E-state index contributed by atoms with van der Waals surface area (Å²) in [5.74, 6) is 0.370. The van der Waals surface area contributed by atoms with Crippen LogP contribution in [0.5, 0.6) is 0 Å². The normalized spacial score (nSPS) is 19.6. The van der Waals surface area contributed by atoms with Gasteiger partial charge in [0.2, 0.25) is 5.91 Å². The zero-order chi connectivity index (χ0) is 19.8. The van der Waals surface area contributed by atoms with Gasteiger partial charge in [-0.05, 0) is 25.3 Å². The van der Waals surface area contributed by atoms with E-state index < -0.39 is 18.8 Å². The number of fused-ring (bicyclic) bond motifs is 1. The largest absolute Gasteiger partial charge is 0.346 e. The molecule has 1 aromatic heterocycles. The fourth-order valence-corrected chi connectivity index (χ4v) is 3.80. The summed E-state index contributed by atoms with van der Waals surface area (Å²) in [6.45, 7) is -0.253. The Balaban J connectivity index is 1.51. The number of nitrogens with zero attached hydrogens (tertiary/aromatic N) is 4. The van der Waals surface area contributed by atoms with Gasteiger partial charge >= 0.3 is 12.3 Å². The van der Waals surface area contributed by atoms with E-state index in [0.717, 1.165) is 17.5 Å². The van der Waals surface area contributed by atoms with E-state index in [1.165, 1.54) is 14.1 Å². The van der Waals surface area contributed by atoms with Gasteiger partial charge in [0.15, 0.2) is 0 Å². The number of amides is 1. The van der Waals surface area contributed by atoms with Crippen molar-refractivity contribution in [2.75, 3.05) is 13.1 Å². The lowest BCUT2D eigenvalue weighted by molar-refractivity contribution is -0.200. The fraction of sp³-hybridized carbons (Fsp3) is 0.526. The monoisotopic (exact) mass is 392 g/mol. The molecule has 2 aromatic rings. The van der Waals surface area contributed by atoms with Gasteiger partial charge in [-0.1, -0.05) is 29.8 Å². The van der Waals surface area contributed by atoms with E-state index in [0.29, 0.717) is 25.2 Å². The molecule has 1 saturated heterocycles. The Morgan fingerprint density at radius 2 is 2.00 bits per heavy atom. The van der Waals surface area contributed by atoms with E-state index in [4.69, 9.17) is 0 Å². The van der Waals surface area contributed by atoms with Crippen LogP contribution < -0.4 is 5.69 Å². The van der Waals surface area contributed by atoms with Crippen LogP contribution in [-0.4, -0.2) is 51.0 Å². The molecule has 1 amide bonds. The number of ether oxygens (including phenoxy) is 1. The smallest absolute Gasteiger partial charge is 0.336 e. The lowest BCUT2D eigenvalue weighted by Crippen LogP contribution is -2.57. The molecule has 0 spiro atoms. The summed E-state index contributed by atoms with van der Waals surface area (Å²) in [7, 11) is 0. The number of benzene rings is 1. The van der Waals surface area contributed by atoms with Crippen molar-refractivity contribution in [1.82, 2.24) is 19.2 Å². The van der Waals surface area contributed by atoms with Crippen LogP contribution in [0.15, 0.2) is 29.1 Å². The second-order valence-corrected chi connectivity index (χ2v) is 7.38. The van der Waals surface area contributed by atoms with Gasteiger partial charge in [-0.3, -0.25) is 9.36 Å². The zero-order valence-electron chi connectivity index (χ0n) is 15.6. The van der Waals surface area contributed by atoms with Crippen molar-refractivity contribution in [2.45, 2.75) is 51.5 Å². The summed E-state index contributed by atoms with van der Waals surface area (Å²) in [6.07, 6.45) is 1.28. The predicted octanol–water partition coefficient (Wildman–Crippen LogP) is 1.73. The number of carbonyl (C=O) groups excluding carboxylic acids is 1. The second-order valence-electron chi connectivity index (χ2n) is 7.38. The number of alkyl halides is 2. The molecule has 150 valence electrons. The third-order valence-corrected chi connectivity index (χ3v) is 5.32. The van der Waals surface area contributed by atoms with Crippen LogP contribution in [0.2, 0.25) is 0 Å². The highest BCUT2D eigenvalue weighted by atomic mass is 19.3. The molecule has 0 saturated carbocycles. The van der Waals surface area contributed by atoms with E-state index in [1.807, 2.05) is 31.2 Å². The summed E-state index contributed by atoms with van der Waals surface area (Å²) in [5, 5.41) is 4.43. The zero-order valence-corrected chi connectivity index (χ0v) is 15.6. The maximum Gasteiger partial charge on any atom is 0.346 e. The van der Waals surface area contributed by atoms with Gasteiger partial charge in [-0.15, -0.1) is 0 Å². The average molecular weight is 392 g/mol. The van der Waals surface area contributed by atoms with Gasteiger partial charge in [0.1, 0.15) is 11.9 Å². The average Bonchev–Trinajstić information content (AvgIpc) is 2.95. The Kier molecular flexibility index (Phi) is 5.01. The molecular weight excluding hydrogens is 370 g/mol. The summed E-state index contributed by atoms with van der Waals surface area (Å²) in [4.78, 5) is 27.2. The molecule has 2 aliphatic rings. The lowest BCUT2D eigenvalue weighted by atomic mass is 10.0. The van der Waals surface area contributed by atoms with E-state index in [-0.39, 0.29) is 24.7 Å². The maximum absolute atomic E-state index is 12.9. The van der Waals surface area contributed by atoms with Crippen molar-refractivity contribution >= 4 is 5.91 Å². The Bertz CT molecular complexity index is 916. The van der Waals surface area contributed by atoms with E-state index in [2.05, 4.69) is 9.84 Å². The van der Waals surface area contributed by atoms with Crippen LogP contribution in [0.4, 0.5) is 8.78 Å². The first-order chi connectivity index (χ1) is 13.4. The molecular formula is C19H22F2N4O3. The number of carbonyl (C=O) groups is 1. The fourth-order valence-electron chi connectivity index (χ4n) is 3.80. The number of hydrogen-bond donors (Lipinski definition) is 0. The van der Waals surface area contributed by atoms with Crippen molar-refractivity contribution in [3.8, 4) is 0 Å². The van der Waals surface area contributed by atoms with Gasteiger partial charge < -0.3 is 9.64 Å². The predicted molar refractivity (Wildman–Crippen MR) is 96.2 cm³/mol. The minimum atomic E-state index is -2.84. The number of aryl methyl sites for hydroxylation is 2. The van der Waals surface area contributed by atoms with Crippen LogP contribution in [0.3, 0.4) is 0 Å². The van der Waals surface area contributed by atoms with Gasteiger partial charge in [0.25, 0.3) is 0 Å². The van der Waals surface area contributed by atoms with Gasteiger partial charge in [0, 0.05) is 19.5 Å². The molecule has 1 fully saturated rings. The highest BCUT2D eigenvalue weighted by molar-refractivity contribution is 5.81. The van der Waals surface area contributed by atoms with Crippen molar-refractivity contribution in [2.24, 2.45) is 0 Å². The number of aromatic nitrogens is 3. The number of likely N-dealkylation sites (tertiary alicyclic amines) is 1. The van der Waals surface area contributed by atoms with Crippen molar-refractivity contribution in [1.29, 1.82) is 0 Å². The van der Waals surface area contributed by atoms with Crippen molar-refractivity contribution in [3.63, 3.8) is 0 Å². The molecule has 0 radical (unpaired) electrons. The quantitative estimate of drug-likeness (QED) is 0.777. The van der Waals surface area contributed by atoms with E-state index in [1.54, 1.807) is 0 Å². The molecule has 0 aliphatic carbocycles. The summed E-state index contributed by atoms with van der Waals surface area (Å²) >= 11 is 0. The summed E-state index contributed by atoms with van der Waals surface area (Å²) < 4.78 is 31.8. The molecule has 7 nitrogen and oxygen atoms in total. The first-order valence-electron chi connectivity index (χ1n) is 9.38. The van der Waals surface area contributed by atoms with Gasteiger partial charge in [0.05, 0.1) is 12.6 Å². The molecule has 0 N–H and O–H groups in total. The molecule has 2 aliphatic heterocycles. The first-order valence-corrected chi connectivity index (χ1v) is 9.38. The number of rotatable bonds is 5. The molecule has 1 aromatic carbocycles. The van der Waals surface area contributed by atoms with E-state index >= 15 is 0 Å². The Morgan fingerprint density at radius 3 is 2.68 bits per heavy atom. The van der Waals surface area contributed by atoms with Crippen LogP contribution in [0, 0.1) is 6.92 Å². The van der Waals surface area contributed by atoms with Gasteiger partial charge in [-0.2, -0.15) is 13.9 Å². The van der Waals surface area contributed by atoms with Crippen LogP contribution >= 0.6 is 0 Å². The molecule has 9 heteroatoms. The highest BCUT2D eigenvalue weighted by Gasteiger charge is 2.39. The molecule has 0 bridgehead atoms.